The van der Waals surface area contributed by atoms with Crippen LogP contribution in [0.3, 0.4) is 0 Å². The summed E-state index contributed by atoms with van der Waals surface area (Å²) in [5.74, 6) is 1.05. The largest absolute Gasteiger partial charge is 0.378 e. The van der Waals surface area contributed by atoms with Gasteiger partial charge in [0, 0.05) is 32.1 Å². The molecule has 1 aromatic heterocycles. The number of nitrogens with zero attached hydrogens (tertiary/aromatic N) is 4. The lowest BCUT2D eigenvalue weighted by Gasteiger charge is -2.29. The second kappa shape index (κ2) is 5.53. The van der Waals surface area contributed by atoms with E-state index in [0.717, 1.165) is 37.7 Å². The number of hydrogen-bond acceptors (Lipinski definition) is 6. The zero-order chi connectivity index (χ0) is 14.2. The first-order valence-corrected chi connectivity index (χ1v) is 8.58. The number of hydrogen-bond donors (Lipinski definition) is 0. The topological polar surface area (TPSA) is 58.6 Å². The van der Waals surface area contributed by atoms with E-state index in [1.807, 2.05) is 4.90 Å². The van der Waals surface area contributed by atoms with Gasteiger partial charge in [0.05, 0.1) is 19.1 Å². The van der Waals surface area contributed by atoms with Crippen LogP contribution >= 0.6 is 11.3 Å². The summed E-state index contributed by atoms with van der Waals surface area (Å²) in [5.41, 5.74) is 0. The number of amides is 1. The highest BCUT2D eigenvalue weighted by molar-refractivity contribution is 7.15. The van der Waals surface area contributed by atoms with E-state index in [4.69, 9.17) is 4.74 Å². The van der Waals surface area contributed by atoms with E-state index in [2.05, 4.69) is 15.1 Å². The van der Waals surface area contributed by atoms with Gasteiger partial charge in [-0.2, -0.15) is 0 Å². The quantitative estimate of drug-likeness (QED) is 0.837. The van der Waals surface area contributed by atoms with E-state index in [9.17, 15) is 4.79 Å². The van der Waals surface area contributed by atoms with Crippen LogP contribution in [0.1, 0.15) is 30.2 Å². The van der Waals surface area contributed by atoms with Crippen molar-refractivity contribution in [3.8, 4) is 0 Å². The van der Waals surface area contributed by atoms with Gasteiger partial charge in [0.2, 0.25) is 11.0 Å². The maximum absolute atomic E-state index is 12.5. The Hall–Kier alpha value is -1.21. The smallest absolute Gasteiger partial charge is 0.227 e. The number of morpholine rings is 1. The lowest BCUT2D eigenvalue weighted by molar-refractivity contribution is -0.138. The van der Waals surface area contributed by atoms with Crippen LogP contribution in [0.5, 0.6) is 0 Å². The molecule has 0 spiro atoms. The minimum Gasteiger partial charge on any atom is -0.378 e. The van der Waals surface area contributed by atoms with Crippen LogP contribution in [-0.2, 0) is 9.53 Å². The van der Waals surface area contributed by atoms with Crippen molar-refractivity contribution >= 4 is 22.4 Å². The first-order valence-electron chi connectivity index (χ1n) is 7.76. The fourth-order valence-corrected chi connectivity index (χ4v) is 4.07. The molecule has 3 aliphatic rings. The van der Waals surface area contributed by atoms with E-state index >= 15 is 0 Å². The van der Waals surface area contributed by atoms with Crippen molar-refractivity contribution in [2.24, 2.45) is 5.92 Å². The Kier molecular flexibility index (Phi) is 3.54. The van der Waals surface area contributed by atoms with Crippen LogP contribution in [0.15, 0.2) is 0 Å². The van der Waals surface area contributed by atoms with Gasteiger partial charge in [-0.05, 0) is 19.3 Å². The summed E-state index contributed by atoms with van der Waals surface area (Å²) in [4.78, 5) is 16.7. The summed E-state index contributed by atoms with van der Waals surface area (Å²) in [6.07, 6.45) is 3.44. The third kappa shape index (κ3) is 2.76. The first-order chi connectivity index (χ1) is 10.3. The Labute approximate surface area is 128 Å². The normalized spacial score (nSPS) is 26.4. The molecule has 1 atom stereocenters. The zero-order valence-electron chi connectivity index (χ0n) is 12.0. The van der Waals surface area contributed by atoms with Gasteiger partial charge in [0.25, 0.3) is 0 Å². The Morgan fingerprint density at radius 3 is 2.71 bits per heavy atom. The SMILES string of the molecule is O=C(C1CCN(c2nnc(C3CC3)s2)C1)N1CCOCC1. The van der Waals surface area contributed by atoms with Crippen LogP contribution < -0.4 is 4.90 Å². The van der Waals surface area contributed by atoms with Crippen LogP contribution in [0.25, 0.3) is 0 Å². The summed E-state index contributed by atoms with van der Waals surface area (Å²) in [6, 6.07) is 0. The van der Waals surface area contributed by atoms with Gasteiger partial charge in [-0.15, -0.1) is 10.2 Å². The number of rotatable bonds is 3. The fraction of sp³-hybridized carbons (Fsp3) is 0.786. The van der Waals surface area contributed by atoms with Gasteiger partial charge in [-0.25, -0.2) is 0 Å². The van der Waals surface area contributed by atoms with Gasteiger partial charge >= 0.3 is 0 Å². The highest BCUT2D eigenvalue weighted by Crippen LogP contribution is 2.43. The molecule has 0 radical (unpaired) electrons. The van der Waals surface area contributed by atoms with Crippen LogP contribution in [-0.4, -0.2) is 60.4 Å². The predicted molar refractivity (Wildman–Crippen MR) is 79.6 cm³/mol. The molecule has 1 aromatic rings. The maximum Gasteiger partial charge on any atom is 0.227 e. The molecule has 3 heterocycles. The van der Waals surface area contributed by atoms with E-state index in [-0.39, 0.29) is 11.8 Å². The molecule has 1 unspecified atom stereocenters. The molecule has 21 heavy (non-hydrogen) atoms. The Bertz CT molecular complexity index is 525. The van der Waals surface area contributed by atoms with Crippen molar-refractivity contribution < 1.29 is 9.53 Å². The van der Waals surface area contributed by atoms with Crippen molar-refractivity contribution in [1.29, 1.82) is 0 Å². The van der Waals surface area contributed by atoms with E-state index < -0.39 is 0 Å². The van der Waals surface area contributed by atoms with Crippen LogP contribution in [0.4, 0.5) is 5.13 Å². The molecule has 0 aromatic carbocycles. The van der Waals surface area contributed by atoms with Gasteiger partial charge in [-0.1, -0.05) is 11.3 Å². The van der Waals surface area contributed by atoms with Crippen LogP contribution in [0.2, 0.25) is 0 Å². The van der Waals surface area contributed by atoms with Gasteiger partial charge < -0.3 is 14.5 Å². The molecule has 6 nitrogen and oxygen atoms in total. The molecular formula is C14H20N4O2S. The molecule has 7 heteroatoms. The molecule has 1 aliphatic carbocycles. The Morgan fingerprint density at radius 2 is 1.95 bits per heavy atom. The molecule has 2 saturated heterocycles. The van der Waals surface area contributed by atoms with E-state index in [1.165, 1.54) is 17.8 Å². The molecular weight excluding hydrogens is 288 g/mol. The summed E-state index contributed by atoms with van der Waals surface area (Å²) in [7, 11) is 0. The second-order valence-electron chi connectivity index (χ2n) is 6.07. The van der Waals surface area contributed by atoms with Crippen molar-refractivity contribution in [3.63, 3.8) is 0 Å². The molecule has 0 bridgehead atoms. The minimum atomic E-state index is 0.108. The summed E-state index contributed by atoms with van der Waals surface area (Å²) in [6.45, 7) is 4.52. The van der Waals surface area contributed by atoms with Crippen LogP contribution in [0, 0.1) is 5.92 Å². The number of aromatic nitrogens is 2. The first kappa shape index (κ1) is 13.5. The van der Waals surface area contributed by atoms with Gasteiger partial charge in [0.15, 0.2) is 0 Å². The molecule has 3 fully saturated rings. The molecule has 2 aliphatic heterocycles. The maximum atomic E-state index is 12.5. The molecule has 4 rings (SSSR count). The second-order valence-corrected chi connectivity index (χ2v) is 7.05. The summed E-state index contributed by atoms with van der Waals surface area (Å²) in [5, 5.41) is 10.8. The Balaban J connectivity index is 1.38. The van der Waals surface area contributed by atoms with Crippen molar-refractivity contribution in [3.05, 3.63) is 5.01 Å². The number of carbonyl (C=O) groups excluding carboxylic acids is 1. The van der Waals surface area contributed by atoms with E-state index in [0.29, 0.717) is 19.1 Å². The lowest BCUT2D eigenvalue weighted by Crippen LogP contribution is -2.44. The monoisotopic (exact) mass is 308 g/mol. The third-order valence-electron chi connectivity index (χ3n) is 4.49. The summed E-state index contributed by atoms with van der Waals surface area (Å²) < 4.78 is 5.31. The lowest BCUT2D eigenvalue weighted by atomic mass is 10.1. The number of carbonyl (C=O) groups is 1. The van der Waals surface area contributed by atoms with E-state index in [1.54, 1.807) is 11.3 Å². The zero-order valence-corrected chi connectivity index (χ0v) is 12.8. The average Bonchev–Trinajstić information content (AvgIpc) is 3.07. The van der Waals surface area contributed by atoms with Crippen molar-refractivity contribution in [2.75, 3.05) is 44.3 Å². The third-order valence-corrected chi connectivity index (χ3v) is 5.63. The number of ether oxygens (including phenoxy) is 1. The van der Waals surface area contributed by atoms with Gasteiger partial charge in [-0.3, -0.25) is 4.79 Å². The standard InChI is InChI=1S/C14H20N4O2S/c19-13(17-5-7-20-8-6-17)11-3-4-18(9-11)14-16-15-12(21-14)10-1-2-10/h10-11H,1-9H2. The summed E-state index contributed by atoms with van der Waals surface area (Å²) >= 11 is 1.71. The minimum absolute atomic E-state index is 0.108. The molecule has 1 amide bonds. The Morgan fingerprint density at radius 1 is 1.14 bits per heavy atom. The number of anilines is 1. The van der Waals surface area contributed by atoms with Gasteiger partial charge in [0.1, 0.15) is 5.01 Å². The average molecular weight is 308 g/mol. The molecule has 0 N–H and O–H groups in total. The molecule has 1 saturated carbocycles. The molecule has 114 valence electrons. The van der Waals surface area contributed by atoms with Crippen molar-refractivity contribution in [2.45, 2.75) is 25.2 Å². The highest BCUT2D eigenvalue weighted by atomic mass is 32.1. The fourth-order valence-electron chi connectivity index (χ4n) is 3.03. The predicted octanol–water partition coefficient (Wildman–Crippen LogP) is 1.10. The highest BCUT2D eigenvalue weighted by Gasteiger charge is 2.34. The van der Waals surface area contributed by atoms with Crippen molar-refractivity contribution in [1.82, 2.24) is 15.1 Å².